The number of nitro benzene ring substituents is 1. The quantitative estimate of drug-likeness (QED) is 0.132. The first-order chi connectivity index (χ1) is 21.7. The molecular weight excluding hydrogens is 595 g/mol. The zero-order valence-electron chi connectivity index (χ0n) is 25.4. The van der Waals surface area contributed by atoms with E-state index < -0.39 is 16.8 Å². The summed E-state index contributed by atoms with van der Waals surface area (Å²) in [5.74, 6) is 0.114. The lowest BCUT2D eigenvalue weighted by Gasteiger charge is -2.39. The molecule has 3 atom stereocenters. The summed E-state index contributed by atoms with van der Waals surface area (Å²) in [6.45, 7) is 6.81. The molecule has 2 aliphatic rings. The number of rotatable bonds is 11. The molecule has 0 bridgehead atoms. The van der Waals surface area contributed by atoms with Crippen LogP contribution < -0.4 is 0 Å². The van der Waals surface area contributed by atoms with E-state index in [9.17, 15) is 24.1 Å². The largest absolute Gasteiger partial charge is 0.445 e. The molecule has 9 nitrogen and oxygen atoms in total. The van der Waals surface area contributed by atoms with Crippen LogP contribution in [0, 0.1) is 21.8 Å². The molecular formula is C34H39FN4O5S. The highest BCUT2D eigenvalue weighted by Crippen LogP contribution is 2.43. The lowest BCUT2D eigenvalue weighted by Crippen LogP contribution is -2.48. The molecule has 1 saturated heterocycles. The topological polar surface area (TPSA) is 96.2 Å². The van der Waals surface area contributed by atoms with Crippen LogP contribution in [-0.2, 0) is 11.3 Å². The molecule has 2 fully saturated rings. The maximum atomic E-state index is 13.8. The number of piperidine rings is 1. The summed E-state index contributed by atoms with van der Waals surface area (Å²) < 4.78 is 19.4. The number of thiophene rings is 1. The van der Waals surface area contributed by atoms with Crippen LogP contribution in [0.15, 0.2) is 78.0 Å². The second-order valence-corrected chi connectivity index (χ2v) is 12.7. The second-order valence-electron chi connectivity index (χ2n) is 11.9. The summed E-state index contributed by atoms with van der Waals surface area (Å²) in [5, 5.41) is 15.2. The van der Waals surface area contributed by atoms with Crippen LogP contribution in [-0.4, -0.2) is 76.9 Å². The number of carbonyl (C=O) groups excluding carboxylic acids is 2. The summed E-state index contributed by atoms with van der Waals surface area (Å²) in [7, 11) is 1.82. The molecule has 238 valence electrons. The van der Waals surface area contributed by atoms with E-state index in [1.807, 2.05) is 7.05 Å². The summed E-state index contributed by atoms with van der Waals surface area (Å²) >= 11 is 1.68. The first-order valence-corrected chi connectivity index (χ1v) is 16.2. The molecule has 0 N–H and O–H groups in total. The van der Waals surface area contributed by atoms with Gasteiger partial charge in [-0.05, 0) is 95.8 Å². The minimum atomic E-state index is -0.462. The Labute approximate surface area is 267 Å². The Morgan fingerprint density at radius 3 is 2.53 bits per heavy atom. The van der Waals surface area contributed by atoms with E-state index in [0.717, 1.165) is 45.3 Å². The number of likely N-dealkylation sites (tertiary alicyclic amines) is 1. The number of halogens is 1. The third kappa shape index (κ3) is 7.96. The van der Waals surface area contributed by atoms with Gasteiger partial charge in [-0.3, -0.25) is 14.9 Å². The number of benzene rings is 2. The maximum absolute atomic E-state index is 13.8. The highest BCUT2D eigenvalue weighted by atomic mass is 32.1. The smallest absolute Gasteiger partial charge is 0.410 e. The van der Waals surface area contributed by atoms with Gasteiger partial charge in [-0.2, -0.15) is 11.3 Å². The Morgan fingerprint density at radius 1 is 1.13 bits per heavy atom. The van der Waals surface area contributed by atoms with Crippen molar-refractivity contribution in [3.8, 4) is 0 Å². The van der Waals surface area contributed by atoms with Crippen LogP contribution in [0.4, 0.5) is 14.9 Å². The maximum Gasteiger partial charge on any atom is 0.410 e. The van der Waals surface area contributed by atoms with Gasteiger partial charge in [0.1, 0.15) is 12.4 Å². The third-order valence-corrected chi connectivity index (χ3v) is 9.84. The van der Waals surface area contributed by atoms with Crippen LogP contribution >= 0.6 is 11.3 Å². The van der Waals surface area contributed by atoms with Crippen molar-refractivity contribution in [2.24, 2.45) is 5.92 Å². The van der Waals surface area contributed by atoms with Gasteiger partial charge in [0.25, 0.3) is 11.6 Å². The molecule has 2 aromatic carbocycles. The summed E-state index contributed by atoms with van der Waals surface area (Å²) in [5.41, 5.74) is 2.34. The van der Waals surface area contributed by atoms with Crippen molar-refractivity contribution in [3.05, 3.63) is 111 Å². The van der Waals surface area contributed by atoms with E-state index in [-0.39, 0.29) is 30.3 Å². The van der Waals surface area contributed by atoms with Crippen molar-refractivity contribution >= 4 is 29.0 Å². The number of ether oxygens (including phenoxy) is 1. The number of nitrogens with zero attached hydrogens (tertiary/aromatic N) is 4. The first kappa shape index (κ1) is 32.3. The van der Waals surface area contributed by atoms with Crippen LogP contribution in [0.3, 0.4) is 0 Å². The highest BCUT2D eigenvalue weighted by molar-refractivity contribution is 7.08. The van der Waals surface area contributed by atoms with Crippen LogP contribution in [0.1, 0.15) is 53.1 Å². The second kappa shape index (κ2) is 14.8. The molecule has 5 rings (SSSR count). The zero-order chi connectivity index (χ0) is 31.9. The van der Waals surface area contributed by atoms with Gasteiger partial charge in [0.15, 0.2) is 0 Å². The fourth-order valence-electron chi connectivity index (χ4n) is 6.70. The number of hydrogen-bond acceptors (Lipinski definition) is 7. The molecule has 1 aromatic heterocycles. The van der Waals surface area contributed by atoms with Gasteiger partial charge in [-0.25, -0.2) is 9.18 Å². The van der Waals surface area contributed by atoms with Gasteiger partial charge >= 0.3 is 6.09 Å². The molecule has 2 heterocycles. The summed E-state index contributed by atoms with van der Waals surface area (Å²) in [6, 6.07) is 14.1. The molecule has 1 saturated carbocycles. The Balaban J connectivity index is 1.17. The first-order valence-electron chi connectivity index (χ1n) is 15.3. The van der Waals surface area contributed by atoms with Gasteiger partial charge in [0.2, 0.25) is 0 Å². The molecule has 1 aliphatic carbocycles. The van der Waals surface area contributed by atoms with Crippen molar-refractivity contribution in [2.75, 3.05) is 33.2 Å². The van der Waals surface area contributed by atoms with Crippen molar-refractivity contribution in [2.45, 2.75) is 50.3 Å². The van der Waals surface area contributed by atoms with Gasteiger partial charge in [-0.1, -0.05) is 12.1 Å². The van der Waals surface area contributed by atoms with E-state index in [1.54, 1.807) is 51.5 Å². The van der Waals surface area contributed by atoms with Gasteiger partial charge < -0.3 is 19.4 Å². The van der Waals surface area contributed by atoms with E-state index in [4.69, 9.17) is 4.74 Å². The Hall–Kier alpha value is -4.09. The molecule has 0 radical (unpaired) electrons. The number of hydrogen-bond donors (Lipinski definition) is 0. The van der Waals surface area contributed by atoms with Gasteiger partial charge in [-0.15, -0.1) is 6.58 Å². The van der Waals surface area contributed by atoms with E-state index in [0.29, 0.717) is 29.5 Å². The normalized spacial score (nSPS) is 20.4. The van der Waals surface area contributed by atoms with E-state index in [2.05, 4.69) is 28.3 Å². The molecule has 1 unspecified atom stereocenters. The number of carbonyl (C=O) groups is 2. The fraction of sp³-hybridized carbons (Fsp3) is 0.412. The Kier molecular flexibility index (Phi) is 10.6. The van der Waals surface area contributed by atoms with Gasteiger partial charge in [0, 0.05) is 63.0 Å². The molecule has 45 heavy (non-hydrogen) atoms. The average molecular weight is 635 g/mol. The van der Waals surface area contributed by atoms with Crippen molar-refractivity contribution in [3.63, 3.8) is 0 Å². The van der Waals surface area contributed by atoms with E-state index >= 15 is 0 Å². The lowest BCUT2D eigenvalue weighted by molar-refractivity contribution is -0.384. The summed E-state index contributed by atoms with van der Waals surface area (Å²) in [4.78, 5) is 42.7. The Morgan fingerprint density at radius 2 is 1.89 bits per heavy atom. The fourth-order valence-corrected chi connectivity index (χ4v) is 7.42. The molecule has 11 heteroatoms. The highest BCUT2D eigenvalue weighted by Gasteiger charge is 2.40. The predicted octanol–water partition coefficient (Wildman–Crippen LogP) is 6.72. The number of nitro groups is 1. The van der Waals surface area contributed by atoms with Crippen molar-refractivity contribution < 1.29 is 23.6 Å². The van der Waals surface area contributed by atoms with E-state index in [1.165, 1.54) is 29.8 Å². The SMILES string of the molecule is C=CCN(C(=O)OCc1ccc([N+](=O)[O-])cc1)C1CCN(C[C@H]2CC(N(C)C(=O)c3cccc(F)c3)C[C@@H]2c2ccsc2)CC1. The van der Waals surface area contributed by atoms with Crippen LogP contribution in [0.2, 0.25) is 0 Å². The predicted molar refractivity (Wildman–Crippen MR) is 172 cm³/mol. The van der Waals surface area contributed by atoms with Crippen molar-refractivity contribution in [1.29, 1.82) is 0 Å². The molecule has 3 aromatic rings. The van der Waals surface area contributed by atoms with Crippen LogP contribution in [0.25, 0.3) is 0 Å². The zero-order valence-corrected chi connectivity index (χ0v) is 26.2. The molecule has 2 amide bonds. The standard InChI is InChI=1S/C34H39FN4O5S/c1-3-14-38(34(41)44-22-24-7-9-30(10-8-24)39(42)43)29-11-15-37(16-12-29)21-27-19-31(20-32(27)26-13-17-45-23-26)36(2)33(40)25-5-4-6-28(35)18-25/h3-10,13,17-18,23,27,29,31-32H,1,11-12,14-16,19-22H2,2H3/t27-,31?,32-/m1/s1. The molecule has 1 aliphatic heterocycles. The van der Waals surface area contributed by atoms with Crippen LogP contribution in [0.5, 0.6) is 0 Å². The minimum absolute atomic E-state index is 0.00994. The third-order valence-electron chi connectivity index (χ3n) is 9.14. The molecule has 0 spiro atoms. The van der Waals surface area contributed by atoms with Crippen molar-refractivity contribution in [1.82, 2.24) is 14.7 Å². The minimum Gasteiger partial charge on any atom is -0.445 e. The lowest BCUT2D eigenvalue weighted by atomic mass is 9.89. The average Bonchev–Trinajstić information content (AvgIpc) is 3.73. The van der Waals surface area contributed by atoms with Gasteiger partial charge in [0.05, 0.1) is 4.92 Å². The number of non-ortho nitro benzene ring substituents is 1. The Bertz CT molecular complexity index is 1480. The number of amides is 2. The summed E-state index contributed by atoms with van der Waals surface area (Å²) in [6.07, 6.45) is 4.62. The monoisotopic (exact) mass is 634 g/mol.